The van der Waals surface area contributed by atoms with Crippen LogP contribution in [0.3, 0.4) is 0 Å². The van der Waals surface area contributed by atoms with Gasteiger partial charge in [0.15, 0.2) is 5.58 Å². The maximum atomic E-state index is 14.4. The van der Waals surface area contributed by atoms with Crippen molar-refractivity contribution in [1.29, 1.82) is 0 Å². The molecular weight excluding hydrogens is 434 g/mol. The maximum absolute atomic E-state index is 14.4. The van der Waals surface area contributed by atoms with Crippen LogP contribution in [0, 0.1) is 11.9 Å². The van der Waals surface area contributed by atoms with Gasteiger partial charge in [-0.05, 0) is 42.0 Å². The van der Waals surface area contributed by atoms with Gasteiger partial charge in [-0.3, -0.25) is 4.40 Å². The molecular formula is C27H14F2N4O. The second-order valence-electron chi connectivity index (χ2n) is 8.03. The number of hydrogen-bond acceptors (Lipinski definition) is 4. The van der Waals surface area contributed by atoms with Crippen molar-refractivity contribution in [3.05, 3.63) is 96.8 Å². The SMILES string of the molecule is Fc1ccc(-c2cccc(-c3nc4ccccc4c4nc5oc6ccccc6n5c34)c2)c(F)n1. The van der Waals surface area contributed by atoms with Gasteiger partial charge in [0.2, 0.25) is 11.9 Å². The van der Waals surface area contributed by atoms with Gasteiger partial charge in [-0.1, -0.05) is 48.5 Å². The molecule has 0 N–H and O–H groups in total. The number of imidazole rings is 1. The Morgan fingerprint density at radius 1 is 0.735 bits per heavy atom. The Hall–Kier alpha value is -4.65. The molecule has 0 unspecified atom stereocenters. The van der Waals surface area contributed by atoms with Crippen molar-refractivity contribution in [2.75, 3.05) is 0 Å². The van der Waals surface area contributed by atoms with Gasteiger partial charge in [0.05, 0.1) is 16.7 Å². The molecule has 162 valence electrons. The van der Waals surface area contributed by atoms with Crippen LogP contribution in [0.25, 0.3) is 61.3 Å². The molecule has 0 saturated carbocycles. The molecule has 4 heterocycles. The third-order valence-electron chi connectivity index (χ3n) is 6.03. The molecule has 0 amide bonds. The zero-order valence-corrected chi connectivity index (χ0v) is 17.5. The van der Waals surface area contributed by atoms with Crippen LogP contribution >= 0.6 is 0 Å². The Bertz CT molecular complexity index is 1900. The highest BCUT2D eigenvalue weighted by Crippen LogP contribution is 2.37. The molecule has 0 radical (unpaired) electrons. The van der Waals surface area contributed by atoms with Gasteiger partial charge in [-0.15, -0.1) is 0 Å². The number of halogens is 2. The fourth-order valence-corrected chi connectivity index (χ4v) is 4.53. The van der Waals surface area contributed by atoms with Crippen LogP contribution in [0.4, 0.5) is 8.78 Å². The molecule has 7 aromatic rings. The second-order valence-corrected chi connectivity index (χ2v) is 8.03. The number of fused-ring (bicyclic) bond motifs is 7. The summed E-state index contributed by atoms with van der Waals surface area (Å²) >= 11 is 0. The number of benzene rings is 3. The predicted molar refractivity (Wildman–Crippen MR) is 126 cm³/mol. The molecule has 0 aliphatic rings. The van der Waals surface area contributed by atoms with Gasteiger partial charge in [0.1, 0.15) is 11.0 Å². The lowest BCUT2D eigenvalue weighted by atomic mass is 10.0. The van der Waals surface area contributed by atoms with Crippen molar-refractivity contribution in [2.24, 2.45) is 0 Å². The van der Waals surface area contributed by atoms with Crippen LogP contribution in [0.2, 0.25) is 0 Å². The minimum atomic E-state index is -0.860. The van der Waals surface area contributed by atoms with E-state index in [1.807, 2.05) is 71.1 Å². The third-order valence-corrected chi connectivity index (χ3v) is 6.03. The first kappa shape index (κ1) is 18.9. The summed E-state index contributed by atoms with van der Waals surface area (Å²) in [6.07, 6.45) is 0. The monoisotopic (exact) mass is 448 g/mol. The highest BCUT2D eigenvalue weighted by Gasteiger charge is 2.21. The summed E-state index contributed by atoms with van der Waals surface area (Å²) in [6.45, 7) is 0. The smallest absolute Gasteiger partial charge is 0.307 e. The first-order chi connectivity index (χ1) is 16.7. The van der Waals surface area contributed by atoms with E-state index in [1.165, 1.54) is 6.07 Å². The summed E-state index contributed by atoms with van der Waals surface area (Å²) in [5.41, 5.74) is 6.20. The highest BCUT2D eigenvalue weighted by molar-refractivity contribution is 6.10. The molecule has 5 nitrogen and oxygen atoms in total. The number of hydrogen-bond donors (Lipinski definition) is 0. The van der Waals surface area contributed by atoms with Crippen LogP contribution in [0.5, 0.6) is 0 Å². The minimum Gasteiger partial charge on any atom is -0.423 e. The van der Waals surface area contributed by atoms with E-state index in [4.69, 9.17) is 14.4 Å². The van der Waals surface area contributed by atoms with Crippen LogP contribution in [-0.2, 0) is 0 Å². The zero-order chi connectivity index (χ0) is 22.8. The molecule has 34 heavy (non-hydrogen) atoms. The Balaban J connectivity index is 1.59. The minimum absolute atomic E-state index is 0.215. The summed E-state index contributed by atoms with van der Waals surface area (Å²) in [5, 5.41) is 0.911. The molecule has 4 aromatic heterocycles. The van der Waals surface area contributed by atoms with Gasteiger partial charge >= 0.3 is 5.84 Å². The molecule has 0 spiro atoms. The molecule has 3 aromatic carbocycles. The molecule has 0 atom stereocenters. The number of pyridine rings is 2. The third kappa shape index (κ3) is 2.67. The molecule has 0 saturated heterocycles. The number of para-hydroxylation sites is 3. The van der Waals surface area contributed by atoms with Crippen LogP contribution in [-0.4, -0.2) is 19.4 Å². The Labute approximate surface area is 190 Å². The summed E-state index contributed by atoms with van der Waals surface area (Å²) in [6, 6.07) is 25.4. The summed E-state index contributed by atoms with van der Waals surface area (Å²) < 4.78 is 35.8. The van der Waals surface area contributed by atoms with E-state index in [1.54, 1.807) is 6.07 Å². The van der Waals surface area contributed by atoms with E-state index in [2.05, 4.69) is 4.98 Å². The first-order valence-corrected chi connectivity index (χ1v) is 10.7. The summed E-state index contributed by atoms with van der Waals surface area (Å²) in [4.78, 5) is 13.1. The Morgan fingerprint density at radius 3 is 2.47 bits per heavy atom. The lowest BCUT2D eigenvalue weighted by molar-refractivity contribution is 0.515. The van der Waals surface area contributed by atoms with Crippen molar-refractivity contribution in [3.8, 4) is 22.4 Å². The van der Waals surface area contributed by atoms with E-state index in [0.717, 1.165) is 44.7 Å². The zero-order valence-electron chi connectivity index (χ0n) is 17.5. The molecule has 0 bridgehead atoms. The standard InChI is InChI=1S/C27H14F2N4O/c28-22-13-12-17(26(29)31-22)15-6-5-7-16(14-15)23-25-24(18-8-1-2-9-19(18)30-23)32-27-33(25)20-10-3-4-11-21(20)34-27/h1-14H. The highest BCUT2D eigenvalue weighted by atomic mass is 19.1. The lowest BCUT2D eigenvalue weighted by Gasteiger charge is -2.09. The van der Waals surface area contributed by atoms with E-state index in [-0.39, 0.29) is 5.56 Å². The Morgan fingerprint density at radius 2 is 1.56 bits per heavy atom. The number of nitrogens with zero attached hydrogens (tertiary/aromatic N) is 4. The fourth-order valence-electron chi connectivity index (χ4n) is 4.53. The lowest BCUT2D eigenvalue weighted by Crippen LogP contribution is -1.94. The number of aromatic nitrogens is 4. The molecule has 7 rings (SSSR count). The second kappa shape index (κ2) is 6.92. The molecule has 0 aliphatic heterocycles. The van der Waals surface area contributed by atoms with E-state index in [0.29, 0.717) is 17.1 Å². The average molecular weight is 448 g/mol. The average Bonchev–Trinajstić information content (AvgIpc) is 3.40. The van der Waals surface area contributed by atoms with Gasteiger partial charge in [-0.25, -0.2) is 4.98 Å². The molecule has 0 fully saturated rings. The maximum Gasteiger partial charge on any atom is 0.307 e. The van der Waals surface area contributed by atoms with E-state index in [9.17, 15) is 8.78 Å². The quantitative estimate of drug-likeness (QED) is 0.273. The number of rotatable bonds is 2. The fraction of sp³-hybridized carbons (Fsp3) is 0. The first-order valence-electron chi connectivity index (χ1n) is 10.7. The van der Waals surface area contributed by atoms with Crippen LogP contribution < -0.4 is 0 Å². The van der Waals surface area contributed by atoms with Crippen molar-refractivity contribution in [3.63, 3.8) is 0 Å². The van der Waals surface area contributed by atoms with Gasteiger partial charge < -0.3 is 4.42 Å². The normalized spacial score (nSPS) is 11.8. The predicted octanol–water partition coefficient (Wildman–Crippen LogP) is 6.79. The van der Waals surface area contributed by atoms with Crippen molar-refractivity contribution in [2.45, 2.75) is 0 Å². The summed E-state index contributed by atoms with van der Waals surface area (Å²) in [7, 11) is 0. The summed E-state index contributed by atoms with van der Waals surface area (Å²) in [5.74, 6) is -1.24. The van der Waals surface area contributed by atoms with Crippen LogP contribution in [0.1, 0.15) is 0 Å². The number of oxazole rings is 1. The van der Waals surface area contributed by atoms with Crippen molar-refractivity contribution < 1.29 is 13.2 Å². The van der Waals surface area contributed by atoms with Crippen LogP contribution in [0.15, 0.2) is 89.3 Å². The molecule has 7 heteroatoms. The largest absolute Gasteiger partial charge is 0.423 e. The van der Waals surface area contributed by atoms with Gasteiger partial charge in [0, 0.05) is 16.5 Å². The van der Waals surface area contributed by atoms with Crippen molar-refractivity contribution in [1.82, 2.24) is 19.4 Å². The van der Waals surface area contributed by atoms with E-state index >= 15 is 0 Å². The topological polar surface area (TPSA) is 56.2 Å². The van der Waals surface area contributed by atoms with E-state index < -0.39 is 11.9 Å². The van der Waals surface area contributed by atoms with Gasteiger partial charge in [0.25, 0.3) is 0 Å². The molecule has 0 aliphatic carbocycles. The van der Waals surface area contributed by atoms with Crippen molar-refractivity contribution >= 4 is 38.9 Å². The Kier molecular flexibility index (Phi) is 3.84. The van der Waals surface area contributed by atoms with Gasteiger partial charge in [-0.2, -0.15) is 18.7 Å².